The molecule has 1 aromatic carbocycles. The standard InChI is InChI=1S/C14H18F2N2O3/c1-20-11-5-4-9(7-12(11)21-14(15)16)13(19)18-6-2-3-10(17)8-18/h4-5,7,10,14H,2-3,6,8,17H2,1H3. The summed E-state index contributed by atoms with van der Waals surface area (Å²) in [6.07, 6.45) is 1.72. The van der Waals surface area contributed by atoms with Gasteiger partial charge in [0.1, 0.15) is 0 Å². The van der Waals surface area contributed by atoms with Crippen molar-refractivity contribution in [1.29, 1.82) is 0 Å². The van der Waals surface area contributed by atoms with Crippen molar-refractivity contribution in [3.05, 3.63) is 23.8 Å². The van der Waals surface area contributed by atoms with E-state index in [1.165, 1.54) is 25.3 Å². The number of hydrogen-bond acceptors (Lipinski definition) is 4. The fourth-order valence-electron chi connectivity index (χ4n) is 2.37. The molecular weight excluding hydrogens is 282 g/mol. The topological polar surface area (TPSA) is 64.8 Å². The summed E-state index contributed by atoms with van der Waals surface area (Å²) in [7, 11) is 1.35. The summed E-state index contributed by atoms with van der Waals surface area (Å²) in [5.41, 5.74) is 6.12. The number of nitrogens with two attached hydrogens (primary N) is 1. The van der Waals surface area contributed by atoms with Crippen molar-refractivity contribution >= 4 is 5.91 Å². The quantitative estimate of drug-likeness (QED) is 0.922. The molecule has 1 atom stereocenters. The van der Waals surface area contributed by atoms with Gasteiger partial charge in [-0.1, -0.05) is 0 Å². The van der Waals surface area contributed by atoms with Crippen molar-refractivity contribution in [2.45, 2.75) is 25.5 Å². The van der Waals surface area contributed by atoms with E-state index in [1.54, 1.807) is 4.90 Å². The minimum Gasteiger partial charge on any atom is -0.493 e. The second-order valence-corrected chi connectivity index (χ2v) is 4.90. The summed E-state index contributed by atoms with van der Waals surface area (Å²) in [5, 5.41) is 0. The zero-order chi connectivity index (χ0) is 15.4. The molecule has 1 heterocycles. The molecule has 0 radical (unpaired) electrons. The van der Waals surface area contributed by atoms with Crippen LogP contribution in [0.5, 0.6) is 11.5 Å². The molecule has 0 saturated carbocycles. The van der Waals surface area contributed by atoms with Crippen LogP contribution in [0.3, 0.4) is 0 Å². The maximum absolute atomic E-state index is 12.4. The molecule has 2 N–H and O–H groups in total. The second kappa shape index (κ2) is 6.71. The van der Waals surface area contributed by atoms with Crippen molar-refractivity contribution < 1.29 is 23.0 Å². The van der Waals surface area contributed by atoms with Crippen molar-refractivity contribution in [3.63, 3.8) is 0 Å². The third kappa shape index (κ3) is 3.81. The molecule has 1 fully saturated rings. The molecule has 0 spiro atoms. The Labute approximate surface area is 121 Å². The van der Waals surface area contributed by atoms with Crippen LogP contribution in [0.4, 0.5) is 8.78 Å². The number of piperidine rings is 1. The second-order valence-electron chi connectivity index (χ2n) is 4.90. The fraction of sp³-hybridized carbons (Fsp3) is 0.500. The molecule has 116 valence electrons. The van der Waals surface area contributed by atoms with Crippen molar-refractivity contribution in [2.75, 3.05) is 20.2 Å². The Balaban J connectivity index is 2.20. The third-order valence-electron chi connectivity index (χ3n) is 3.37. The highest BCUT2D eigenvalue weighted by atomic mass is 19.3. The van der Waals surface area contributed by atoms with E-state index < -0.39 is 6.61 Å². The Bertz CT molecular complexity index is 511. The maximum Gasteiger partial charge on any atom is 0.387 e. The number of ether oxygens (including phenoxy) is 2. The summed E-state index contributed by atoms with van der Waals surface area (Å²) in [6.45, 7) is -1.90. The SMILES string of the molecule is COc1ccc(C(=O)N2CCCC(N)C2)cc1OC(F)F. The Morgan fingerprint density at radius 1 is 1.43 bits per heavy atom. The van der Waals surface area contributed by atoms with Crippen molar-refractivity contribution in [2.24, 2.45) is 5.73 Å². The van der Waals surface area contributed by atoms with Crippen LogP contribution in [0.25, 0.3) is 0 Å². The highest BCUT2D eigenvalue weighted by Gasteiger charge is 2.23. The monoisotopic (exact) mass is 300 g/mol. The largest absolute Gasteiger partial charge is 0.493 e. The van der Waals surface area contributed by atoms with Crippen LogP contribution in [-0.2, 0) is 0 Å². The Kier molecular flexibility index (Phi) is 4.95. The van der Waals surface area contributed by atoms with Gasteiger partial charge in [-0.15, -0.1) is 0 Å². The van der Waals surface area contributed by atoms with Gasteiger partial charge in [0.05, 0.1) is 7.11 Å². The molecule has 0 aromatic heterocycles. The Hall–Kier alpha value is -1.89. The smallest absolute Gasteiger partial charge is 0.387 e. The Morgan fingerprint density at radius 2 is 2.19 bits per heavy atom. The summed E-state index contributed by atoms with van der Waals surface area (Å²) >= 11 is 0. The van der Waals surface area contributed by atoms with Gasteiger partial charge in [-0.2, -0.15) is 8.78 Å². The van der Waals surface area contributed by atoms with E-state index in [4.69, 9.17) is 10.5 Å². The van der Waals surface area contributed by atoms with Gasteiger partial charge in [-0.25, -0.2) is 0 Å². The predicted octanol–water partition coefficient (Wildman–Crippen LogP) is 1.86. The summed E-state index contributed by atoms with van der Waals surface area (Å²) in [6, 6.07) is 4.19. The number of hydrogen-bond donors (Lipinski definition) is 1. The van der Waals surface area contributed by atoms with E-state index in [0.717, 1.165) is 12.8 Å². The summed E-state index contributed by atoms with van der Waals surface area (Å²) in [5.74, 6) is -0.242. The van der Waals surface area contributed by atoms with Gasteiger partial charge in [-0.05, 0) is 31.0 Å². The van der Waals surface area contributed by atoms with Crippen LogP contribution in [0, 0.1) is 0 Å². The number of carbonyl (C=O) groups excluding carboxylic acids is 1. The average molecular weight is 300 g/mol. The van der Waals surface area contributed by atoms with Gasteiger partial charge < -0.3 is 20.1 Å². The third-order valence-corrected chi connectivity index (χ3v) is 3.37. The van der Waals surface area contributed by atoms with E-state index in [9.17, 15) is 13.6 Å². The van der Waals surface area contributed by atoms with E-state index in [-0.39, 0.29) is 29.0 Å². The van der Waals surface area contributed by atoms with Gasteiger partial charge in [0.15, 0.2) is 11.5 Å². The molecular formula is C14H18F2N2O3. The first-order valence-electron chi connectivity index (χ1n) is 6.69. The first kappa shape index (κ1) is 15.5. The zero-order valence-electron chi connectivity index (χ0n) is 11.7. The molecule has 1 unspecified atom stereocenters. The van der Waals surface area contributed by atoms with Gasteiger partial charge >= 0.3 is 6.61 Å². The van der Waals surface area contributed by atoms with Gasteiger partial charge in [0.25, 0.3) is 5.91 Å². The van der Waals surface area contributed by atoms with Crippen molar-refractivity contribution in [3.8, 4) is 11.5 Å². The highest BCUT2D eigenvalue weighted by molar-refractivity contribution is 5.95. The van der Waals surface area contributed by atoms with Crippen LogP contribution in [0.15, 0.2) is 18.2 Å². The minimum atomic E-state index is -2.98. The molecule has 1 aliphatic heterocycles. The number of likely N-dealkylation sites (tertiary alicyclic amines) is 1. The highest BCUT2D eigenvalue weighted by Crippen LogP contribution is 2.30. The lowest BCUT2D eigenvalue weighted by Gasteiger charge is -2.31. The van der Waals surface area contributed by atoms with Crippen LogP contribution in [-0.4, -0.2) is 43.7 Å². The molecule has 2 rings (SSSR count). The molecule has 1 aromatic rings. The first-order chi connectivity index (χ1) is 10.0. The normalized spacial score (nSPS) is 18.7. The van der Waals surface area contributed by atoms with Crippen molar-refractivity contribution in [1.82, 2.24) is 4.90 Å². The number of amides is 1. The molecule has 1 amide bonds. The van der Waals surface area contributed by atoms with Crippen LogP contribution >= 0.6 is 0 Å². The van der Waals surface area contributed by atoms with E-state index in [2.05, 4.69) is 4.74 Å². The lowest BCUT2D eigenvalue weighted by Crippen LogP contribution is -2.45. The van der Waals surface area contributed by atoms with Crippen LogP contribution in [0.2, 0.25) is 0 Å². The van der Waals surface area contributed by atoms with Gasteiger partial charge in [-0.3, -0.25) is 4.79 Å². The number of methoxy groups -OCH3 is 1. The number of rotatable bonds is 4. The maximum atomic E-state index is 12.4. The fourth-order valence-corrected chi connectivity index (χ4v) is 2.37. The number of alkyl halides is 2. The zero-order valence-corrected chi connectivity index (χ0v) is 11.7. The number of carbonyl (C=O) groups is 1. The number of halogens is 2. The molecule has 1 aliphatic rings. The van der Waals surface area contributed by atoms with E-state index in [1.807, 2.05) is 0 Å². The first-order valence-corrected chi connectivity index (χ1v) is 6.69. The number of benzene rings is 1. The lowest BCUT2D eigenvalue weighted by atomic mass is 10.1. The molecule has 0 bridgehead atoms. The lowest BCUT2D eigenvalue weighted by molar-refractivity contribution is -0.0512. The summed E-state index contributed by atoms with van der Waals surface area (Å²) in [4.78, 5) is 14.0. The molecule has 0 aliphatic carbocycles. The van der Waals surface area contributed by atoms with E-state index in [0.29, 0.717) is 13.1 Å². The van der Waals surface area contributed by atoms with E-state index >= 15 is 0 Å². The van der Waals surface area contributed by atoms with Gasteiger partial charge in [0, 0.05) is 24.7 Å². The molecule has 5 nitrogen and oxygen atoms in total. The summed E-state index contributed by atoms with van der Waals surface area (Å²) < 4.78 is 34.1. The average Bonchev–Trinajstić information content (AvgIpc) is 2.46. The Morgan fingerprint density at radius 3 is 2.81 bits per heavy atom. The predicted molar refractivity (Wildman–Crippen MR) is 72.7 cm³/mol. The molecule has 7 heteroatoms. The minimum absolute atomic E-state index is 0.0438. The van der Waals surface area contributed by atoms with Gasteiger partial charge in [0.2, 0.25) is 0 Å². The molecule has 21 heavy (non-hydrogen) atoms. The van der Waals surface area contributed by atoms with Crippen LogP contribution in [0.1, 0.15) is 23.2 Å². The number of nitrogens with zero attached hydrogens (tertiary/aromatic N) is 1. The van der Waals surface area contributed by atoms with Crippen LogP contribution < -0.4 is 15.2 Å². The molecule has 1 saturated heterocycles.